The maximum Gasteiger partial charge on any atom is 0.276 e. The minimum Gasteiger partial charge on any atom is -0.471 e. The van der Waals surface area contributed by atoms with Crippen LogP contribution in [0.25, 0.3) is 0 Å². The molecule has 4 nitrogen and oxygen atoms in total. The highest BCUT2D eigenvalue weighted by atomic mass is 16.5. The Kier molecular flexibility index (Phi) is 4.63. The fraction of sp³-hybridized carbons (Fsp3) is 0.700. The summed E-state index contributed by atoms with van der Waals surface area (Å²) in [6.45, 7) is 11.0. The highest BCUT2D eigenvalue weighted by Crippen LogP contribution is 2.02. The van der Waals surface area contributed by atoms with Crippen molar-refractivity contribution in [3.05, 3.63) is 12.3 Å². The van der Waals surface area contributed by atoms with Gasteiger partial charge in [-0.3, -0.25) is 10.1 Å². The zero-order valence-electron chi connectivity index (χ0n) is 9.60. The Balaban J connectivity index is 4.25. The van der Waals surface area contributed by atoms with Gasteiger partial charge in [0.1, 0.15) is 0 Å². The molecule has 14 heavy (non-hydrogen) atoms. The number of carbonyl (C=O) groups is 1. The summed E-state index contributed by atoms with van der Waals surface area (Å²) in [5.41, 5.74) is -0.259. The summed E-state index contributed by atoms with van der Waals surface area (Å²) in [7, 11) is 1.66. The van der Waals surface area contributed by atoms with Gasteiger partial charge in [-0.05, 0) is 34.7 Å². The topological polar surface area (TPSA) is 50.4 Å². The molecule has 0 aromatic rings. The molecule has 1 atom stereocenters. The van der Waals surface area contributed by atoms with E-state index in [1.54, 1.807) is 14.0 Å². The largest absolute Gasteiger partial charge is 0.471 e. The van der Waals surface area contributed by atoms with Crippen molar-refractivity contribution in [2.24, 2.45) is 0 Å². The Morgan fingerprint density at radius 3 is 2.21 bits per heavy atom. The Morgan fingerprint density at radius 1 is 1.43 bits per heavy atom. The van der Waals surface area contributed by atoms with Gasteiger partial charge in [-0.1, -0.05) is 6.58 Å². The van der Waals surface area contributed by atoms with Crippen LogP contribution < -0.4 is 10.6 Å². The predicted molar refractivity (Wildman–Crippen MR) is 56.6 cm³/mol. The number of carbonyl (C=O) groups excluding carboxylic acids is 1. The number of hydrogen-bond donors (Lipinski definition) is 2. The molecule has 0 spiro atoms. The molecule has 4 heteroatoms. The van der Waals surface area contributed by atoms with Crippen LogP contribution >= 0.6 is 0 Å². The van der Waals surface area contributed by atoms with Gasteiger partial charge in [-0.2, -0.15) is 0 Å². The Bertz CT molecular complexity index is 219. The first-order valence-corrected chi connectivity index (χ1v) is 4.57. The number of ether oxygens (including phenoxy) is 1. The number of nitrogens with one attached hydrogen (secondary N) is 2. The van der Waals surface area contributed by atoms with E-state index >= 15 is 0 Å². The van der Waals surface area contributed by atoms with Crippen molar-refractivity contribution >= 4 is 5.91 Å². The van der Waals surface area contributed by atoms with Crippen LogP contribution in [-0.4, -0.2) is 24.7 Å². The third kappa shape index (κ3) is 5.59. The minimum absolute atomic E-state index is 0.192. The van der Waals surface area contributed by atoms with E-state index in [4.69, 9.17) is 4.74 Å². The lowest BCUT2D eigenvalue weighted by Crippen LogP contribution is -2.50. The van der Waals surface area contributed by atoms with Crippen molar-refractivity contribution in [1.82, 2.24) is 10.6 Å². The summed E-state index contributed by atoms with van der Waals surface area (Å²) in [4.78, 5) is 11.6. The monoisotopic (exact) mass is 200 g/mol. The summed E-state index contributed by atoms with van der Waals surface area (Å²) < 4.78 is 5.19. The van der Waals surface area contributed by atoms with Gasteiger partial charge in [0.15, 0.2) is 0 Å². The molecule has 0 rings (SSSR count). The molecule has 0 heterocycles. The van der Waals surface area contributed by atoms with Gasteiger partial charge in [-0.15, -0.1) is 0 Å². The van der Waals surface area contributed by atoms with Crippen LogP contribution in [0.4, 0.5) is 0 Å². The number of allylic oxidation sites excluding steroid dienone is 1. The van der Waals surface area contributed by atoms with Crippen molar-refractivity contribution in [3.8, 4) is 0 Å². The molecule has 0 saturated heterocycles. The van der Waals surface area contributed by atoms with E-state index in [0.717, 1.165) is 0 Å². The van der Waals surface area contributed by atoms with E-state index in [2.05, 4.69) is 17.2 Å². The Hall–Kier alpha value is -1.03. The average molecular weight is 200 g/mol. The van der Waals surface area contributed by atoms with Crippen molar-refractivity contribution < 1.29 is 9.53 Å². The lowest BCUT2D eigenvalue weighted by atomic mass is 10.1. The van der Waals surface area contributed by atoms with Crippen LogP contribution in [-0.2, 0) is 9.53 Å². The van der Waals surface area contributed by atoms with E-state index in [1.807, 2.05) is 20.8 Å². The highest BCUT2D eigenvalue weighted by Gasteiger charge is 2.22. The lowest BCUT2D eigenvalue weighted by molar-refractivity contribution is -0.133. The molecule has 0 aromatic carbocycles. The summed E-state index contributed by atoms with van der Waals surface area (Å²) in [5, 5.41) is 5.57. The van der Waals surface area contributed by atoms with Crippen molar-refractivity contribution in [2.75, 3.05) is 7.05 Å². The second-order valence-electron chi connectivity index (χ2n) is 4.23. The van der Waals surface area contributed by atoms with Crippen molar-refractivity contribution in [1.29, 1.82) is 0 Å². The van der Waals surface area contributed by atoms with E-state index in [9.17, 15) is 4.79 Å². The molecule has 0 aliphatic rings. The molecular formula is C10H20N2O2. The second-order valence-corrected chi connectivity index (χ2v) is 4.23. The molecule has 0 aliphatic heterocycles. The molecule has 0 radical (unpaired) electrons. The fourth-order valence-corrected chi connectivity index (χ4v) is 0.880. The quantitative estimate of drug-likeness (QED) is 0.526. The third-order valence-corrected chi connectivity index (χ3v) is 1.32. The SMILES string of the molecule is C=C(C)OC(NC)C(=O)NC(C)(C)C. The molecular weight excluding hydrogens is 180 g/mol. The van der Waals surface area contributed by atoms with Crippen molar-refractivity contribution in [3.63, 3.8) is 0 Å². The molecule has 1 amide bonds. The molecule has 0 aliphatic carbocycles. The molecule has 1 unspecified atom stereocenters. The van der Waals surface area contributed by atoms with Crippen LogP contribution in [0.15, 0.2) is 12.3 Å². The standard InChI is InChI=1S/C10H20N2O2/c1-7(2)14-9(11-6)8(13)12-10(3,4)5/h9,11H,1H2,2-6H3,(H,12,13). The number of amides is 1. The van der Waals surface area contributed by atoms with Crippen LogP contribution in [0.5, 0.6) is 0 Å². The van der Waals surface area contributed by atoms with Gasteiger partial charge in [0.2, 0.25) is 6.23 Å². The maximum absolute atomic E-state index is 11.6. The van der Waals surface area contributed by atoms with Crippen LogP contribution in [0.1, 0.15) is 27.7 Å². The Labute approximate surface area is 85.7 Å². The van der Waals surface area contributed by atoms with Gasteiger partial charge in [0.05, 0.1) is 5.76 Å². The van der Waals surface area contributed by atoms with Crippen LogP contribution in [0.3, 0.4) is 0 Å². The van der Waals surface area contributed by atoms with E-state index in [0.29, 0.717) is 5.76 Å². The zero-order valence-corrected chi connectivity index (χ0v) is 9.60. The van der Waals surface area contributed by atoms with E-state index in [1.165, 1.54) is 0 Å². The lowest BCUT2D eigenvalue weighted by Gasteiger charge is -2.25. The zero-order chi connectivity index (χ0) is 11.4. The second kappa shape index (κ2) is 5.00. The number of rotatable bonds is 4. The summed E-state index contributed by atoms with van der Waals surface area (Å²) in [5.74, 6) is 0.316. The third-order valence-electron chi connectivity index (χ3n) is 1.32. The highest BCUT2D eigenvalue weighted by molar-refractivity contribution is 5.81. The maximum atomic E-state index is 11.6. The summed E-state index contributed by atoms with van der Waals surface area (Å²) in [6.07, 6.45) is -0.674. The van der Waals surface area contributed by atoms with Gasteiger partial charge in [0.25, 0.3) is 5.91 Å². The molecule has 0 aromatic heterocycles. The molecule has 2 N–H and O–H groups in total. The molecule has 0 bridgehead atoms. The van der Waals surface area contributed by atoms with Crippen LogP contribution in [0, 0.1) is 0 Å². The average Bonchev–Trinajstić information content (AvgIpc) is 1.96. The van der Waals surface area contributed by atoms with Crippen molar-refractivity contribution in [2.45, 2.75) is 39.5 Å². The fourth-order valence-electron chi connectivity index (χ4n) is 0.880. The predicted octanol–water partition coefficient (Wildman–Crippen LogP) is 0.997. The molecule has 82 valence electrons. The molecule has 0 saturated carbocycles. The number of hydrogen-bond acceptors (Lipinski definition) is 3. The van der Waals surface area contributed by atoms with E-state index in [-0.39, 0.29) is 11.4 Å². The number of likely N-dealkylation sites (N-methyl/N-ethyl adjacent to an activating group) is 1. The smallest absolute Gasteiger partial charge is 0.276 e. The van der Waals surface area contributed by atoms with Gasteiger partial charge < -0.3 is 10.1 Å². The summed E-state index contributed by atoms with van der Waals surface area (Å²) >= 11 is 0. The minimum atomic E-state index is -0.674. The van der Waals surface area contributed by atoms with Gasteiger partial charge in [0, 0.05) is 5.54 Å². The molecule has 0 fully saturated rings. The summed E-state index contributed by atoms with van der Waals surface area (Å²) in [6, 6.07) is 0. The Morgan fingerprint density at radius 2 is 1.93 bits per heavy atom. The first-order valence-electron chi connectivity index (χ1n) is 4.57. The van der Waals surface area contributed by atoms with Gasteiger partial charge >= 0.3 is 0 Å². The normalized spacial score (nSPS) is 13.2. The first kappa shape index (κ1) is 13.0. The van der Waals surface area contributed by atoms with Gasteiger partial charge in [-0.25, -0.2) is 0 Å². The first-order chi connectivity index (χ1) is 6.26. The van der Waals surface area contributed by atoms with E-state index < -0.39 is 6.23 Å². The van der Waals surface area contributed by atoms with Crippen LogP contribution in [0.2, 0.25) is 0 Å².